The predicted molar refractivity (Wildman–Crippen MR) is 361 cm³/mol. The molecule has 2 aromatic heterocycles. The van der Waals surface area contributed by atoms with Crippen molar-refractivity contribution in [2.45, 2.75) is 77.5 Å². The third kappa shape index (κ3) is 14.2. The zero-order chi connectivity index (χ0) is 67.6. The molecule has 2 N–H and O–H groups in total. The van der Waals surface area contributed by atoms with Crippen LogP contribution in [0, 0.1) is 13.8 Å². The number of anilines is 2. The largest absolute Gasteiger partial charge is 0.493 e. The first kappa shape index (κ1) is 67.1. The second-order valence-electron chi connectivity index (χ2n) is 24.3. The summed E-state index contributed by atoms with van der Waals surface area (Å²) in [5.74, 6) is 0.655. The van der Waals surface area contributed by atoms with E-state index in [1.807, 2.05) is 48.5 Å². The van der Waals surface area contributed by atoms with E-state index in [4.69, 9.17) is 28.0 Å². The number of aromatic nitrogens is 2. The van der Waals surface area contributed by atoms with Crippen LogP contribution in [0.5, 0.6) is 23.0 Å². The van der Waals surface area contributed by atoms with E-state index < -0.39 is 12.1 Å². The van der Waals surface area contributed by atoms with E-state index in [0.29, 0.717) is 101 Å². The average Bonchev–Trinajstić information content (AvgIpc) is 1.60. The van der Waals surface area contributed by atoms with Gasteiger partial charge in [0.2, 0.25) is 0 Å². The maximum atomic E-state index is 14.4. The molecule has 0 saturated carbocycles. The van der Waals surface area contributed by atoms with Crippen LogP contribution in [0.2, 0.25) is 0 Å². The number of aryl methyl sites for hydroxylation is 2. The molecule has 2 fully saturated rings. The number of imide groups is 2. The number of carbonyl (C=O) groups is 6. The minimum Gasteiger partial charge on any atom is -0.493 e. The number of carbonyl (C=O) groups excluding carboxylic acids is 6. The molecule has 12 rings (SSSR count). The van der Waals surface area contributed by atoms with Crippen molar-refractivity contribution in [2.24, 2.45) is 0 Å². The second kappa shape index (κ2) is 30.4. The average molecular weight is 1300 g/mol. The monoisotopic (exact) mass is 1300 g/mol. The van der Waals surface area contributed by atoms with Crippen LogP contribution in [0.1, 0.15) is 160 Å². The molecule has 500 valence electrons. The highest BCUT2D eigenvalue weighted by Gasteiger charge is 2.45. The molecule has 2 saturated heterocycles. The van der Waals surface area contributed by atoms with Gasteiger partial charge in [0.05, 0.1) is 79.8 Å². The van der Waals surface area contributed by atoms with Crippen molar-refractivity contribution in [1.29, 1.82) is 0 Å². The van der Waals surface area contributed by atoms with Gasteiger partial charge in [-0.2, -0.15) is 0 Å². The minimum atomic E-state index is -0.611. The van der Waals surface area contributed by atoms with Crippen molar-refractivity contribution in [3.8, 4) is 23.0 Å². The number of rotatable bonds is 24. The number of fused-ring (bicyclic) bond motifs is 2. The van der Waals surface area contributed by atoms with Crippen LogP contribution in [0.15, 0.2) is 155 Å². The molecule has 6 aromatic carbocycles. The van der Waals surface area contributed by atoms with E-state index >= 15 is 0 Å². The van der Waals surface area contributed by atoms with Gasteiger partial charge in [-0.05, 0) is 124 Å². The van der Waals surface area contributed by atoms with Gasteiger partial charge in [0.1, 0.15) is 17.6 Å². The van der Waals surface area contributed by atoms with Crippen LogP contribution in [-0.4, -0.2) is 159 Å². The molecule has 4 atom stereocenters. The molecule has 8 aromatic rings. The van der Waals surface area contributed by atoms with Crippen molar-refractivity contribution in [2.75, 3.05) is 104 Å². The highest BCUT2D eigenvalue weighted by Crippen LogP contribution is 2.43. The van der Waals surface area contributed by atoms with Crippen molar-refractivity contribution < 1.29 is 56.8 Å². The fourth-order valence-electron chi connectivity index (χ4n) is 13.4. The number of hydrogen-bond acceptors (Lipinski definition) is 18. The number of ether oxygens (including phenoxy) is 4. The Morgan fingerprint density at radius 1 is 0.490 bits per heavy atom. The number of nitrogens with zero attached hydrogens (tertiary/aromatic N) is 8. The lowest BCUT2D eigenvalue weighted by Crippen LogP contribution is -2.47. The molecular weight excluding hydrogens is 1220 g/mol. The minimum absolute atomic E-state index is 0.201. The summed E-state index contributed by atoms with van der Waals surface area (Å²) in [5, 5.41) is 13.3. The number of nitrogens with one attached hydrogen (secondary N) is 2. The van der Waals surface area contributed by atoms with E-state index in [1.54, 1.807) is 84.8 Å². The molecular formula is C74H82N10O12. The van der Waals surface area contributed by atoms with Gasteiger partial charge in [0.15, 0.2) is 28.7 Å². The van der Waals surface area contributed by atoms with Crippen molar-refractivity contribution in [3.05, 3.63) is 213 Å². The molecule has 0 radical (unpaired) electrons. The Kier molecular flexibility index (Phi) is 21.2. The SMILES string of the molecule is COc1ccc([C@@H](CCCNC(=O)c2cc(C)on2)N2C(=O)c3cccc(N4CCN([C@H](C)c5ccccc5)CC4)c3C2=O)cc1OC.COc1ccc([C@@H](CCCNC(=O)c2conc2C)N2C(=O)c3cccc(N4CCN([C@H](C)c5ccccc5)CC4)c3C2=O)cc1OC. The molecule has 22 nitrogen and oxygen atoms in total. The second-order valence-corrected chi connectivity index (χ2v) is 24.3. The van der Waals surface area contributed by atoms with Crippen molar-refractivity contribution in [1.82, 2.24) is 40.5 Å². The molecule has 6 amide bonds. The van der Waals surface area contributed by atoms with Gasteiger partial charge >= 0.3 is 0 Å². The predicted octanol–water partition coefficient (Wildman–Crippen LogP) is 10.9. The Labute approximate surface area is 559 Å². The summed E-state index contributed by atoms with van der Waals surface area (Å²) in [7, 11) is 6.21. The van der Waals surface area contributed by atoms with Crippen LogP contribution in [-0.2, 0) is 0 Å². The van der Waals surface area contributed by atoms with E-state index in [1.165, 1.54) is 27.2 Å². The normalized spacial score (nSPS) is 16.1. The van der Waals surface area contributed by atoms with Crippen LogP contribution in [0.25, 0.3) is 0 Å². The summed E-state index contributed by atoms with van der Waals surface area (Å²) in [6, 6.07) is 43.8. The van der Waals surface area contributed by atoms with Gasteiger partial charge in [-0.1, -0.05) is 95.2 Å². The lowest BCUT2D eigenvalue weighted by molar-refractivity contribution is 0.0556. The Morgan fingerprint density at radius 3 is 1.32 bits per heavy atom. The van der Waals surface area contributed by atoms with Crippen LogP contribution >= 0.6 is 0 Å². The van der Waals surface area contributed by atoms with Crippen molar-refractivity contribution in [3.63, 3.8) is 0 Å². The molecule has 0 aliphatic carbocycles. The third-order valence-corrected chi connectivity index (χ3v) is 18.8. The quantitative estimate of drug-likeness (QED) is 0.0423. The van der Waals surface area contributed by atoms with E-state index in [-0.39, 0.29) is 53.2 Å². The molecule has 96 heavy (non-hydrogen) atoms. The van der Waals surface area contributed by atoms with E-state index in [0.717, 1.165) is 74.9 Å². The van der Waals surface area contributed by atoms with Gasteiger partial charge in [-0.25, -0.2) is 0 Å². The lowest BCUT2D eigenvalue weighted by Gasteiger charge is -2.39. The van der Waals surface area contributed by atoms with Gasteiger partial charge in [-0.15, -0.1) is 0 Å². The van der Waals surface area contributed by atoms with Gasteiger partial charge in [-0.3, -0.25) is 48.4 Å². The summed E-state index contributed by atoms with van der Waals surface area (Å²) >= 11 is 0. The standard InChI is InChI=1S/2C37H41N5O6/c1-24-29(23-48-39-24)35(43)38-17-9-14-30(27-15-16-32(46-3)33(22-27)47-4)42-36(44)28-12-8-13-31(34(28)37(42)45)41-20-18-40(19-21-41)25(2)26-10-6-5-7-11-26;1-24-22-29(39-48-24)35(43)38-17-9-14-30(27-15-16-32(46-3)33(23-27)47-4)42-36(44)28-12-8-13-31(34(28)37(42)45)41-20-18-40(19-21-41)25(2)26-10-6-5-7-11-26/h2*5-8,10-13,15-16,22-23,25,30H,9,14,17-21H2,1-4H3,(H,38,43)/t2*25-,30-/m11/s1. The molecule has 4 aliphatic rings. The first-order chi connectivity index (χ1) is 46.6. The summed E-state index contributed by atoms with van der Waals surface area (Å²) < 4.78 is 31.9. The van der Waals surface area contributed by atoms with Crippen LogP contribution < -0.4 is 39.4 Å². The Hall–Kier alpha value is -10.3. The fraction of sp³-hybridized carbons (Fsp3) is 0.351. The molecule has 0 unspecified atom stereocenters. The topological polar surface area (TPSA) is 235 Å². The zero-order valence-electron chi connectivity index (χ0n) is 55.5. The summed E-state index contributed by atoms with van der Waals surface area (Å²) in [6.07, 6.45) is 3.12. The van der Waals surface area contributed by atoms with Crippen molar-refractivity contribution >= 4 is 46.8 Å². The van der Waals surface area contributed by atoms with E-state index in [9.17, 15) is 28.8 Å². The van der Waals surface area contributed by atoms with E-state index in [2.05, 4.69) is 103 Å². The number of amides is 6. The Bertz CT molecular complexity index is 4090. The number of hydrogen-bond donors (Lipinski definition) is 2. The fourth-order valence-corrected chi connectivity index (χ4v) is 13.4. The molecule has 4 aliphatic heterocycles. The highest BCUT2D eigenvalue weighted by atomic mass is 16.5. The number of piperazine rings is 2. The summed E-state index contributed by atoms with van der Waals surface area (Å²) in [5.41, 5.74) is 8.32. The maximum absolute atomic E-state index is 14.4. The molecule has 0 bridgehead atoms. The van der Waals surface area contributed by atoms with Gasteiger partial charge in [0.25, 0.3) is 35.4 Å². The maximum Gasteiger partial charge on any atom is 0.273 e. The van der Waals surface area contributed by atoms with Crippen LogP contribution in [0.4, 0.5) is 11.4 Å². The van der Waals surface area contributed by atoms with Gasteiger partial charge < -0.3 is 48.4 Å². The smallest absolute Gasteiger partial charge is 0.273 e. The summed E-state index contributed by atoms with van der Waals surface area (Å²) in [4.78, 5) is 94.2. The van der Waals surface area contributed by atoms with Gasteiger partial charge in [0, 0.05) is 83.6 Å². The Balaban J connectivity index is 0.000000195. The third-order valence-electron chi connectivity index (χ3n) is 18.8. The summed E-state index contributed by atoms with van der Waals surface area (Å²) in [6.45, 7) is 14.8. The number of methoxy groups -OCH3 is 4. The first-order valence-corrected chi connectivity index (χ1v) is 32.6. The first-order valence-electron chi connectivity index (χ1n) is 32.6. The zero-order valence-corrected chi connectivity index (χ0v) is 55.5. The molecule has 6 heterocycles. The molecule has 0 spiro atoms. The van der Waals surface area contributed by atoms with Crippen LogP contribution in [0.3, 0.4) is 0 Å². The highest BCUT2D eigenvalue weighted by molar-refractivity contribution is 6.25. The lowest BCUT2D eigenvalue weighted by atomic mass is 9.99. The Morgan fingerprint density at radius 2 is 0.927 bits per heavy atom. The number of benzene rings is 6. The molecule has 22 heteroatoms.